The van der Waals surface area contributed by atoms with E-state index in [1.54, 1.807) is 0 Å². The second-order valence-corrected chi connectivity index (χ2v) is 5.51. The Morgan fingerprint density at radius 3 is 2.53 bits per heavy atom. The van der Waals surface area contributed by atoms with E-state index in [4.69, 9.17) is 0 Å². The fraction of sp³-hybridized carbons (Fsp3) is 0.857. The number of amides is 2. The molecule has 0 aliphatic carbocycles. The molecule has 1 fully saturated rings. The van der Waals surface area contributed by atoms with E-state index in [-0.39, 0.29) is 23.1 Å². The summed E-state index contributed by atoms with van der Waals surface area (Å²) in [4.78, 5) is 23.3. The van der Waals surface area contributed by atoms with Gasteiger partial charge in [0.25, 0.3) is 0 Å². The van der Waals surface area contributed by atoms with Crippen LogP contribution in [-0.4, -0.2) is 11.8 Å². The first kappa shape index (κ1) is 14.2. The molecule has 0 spiro atoms. The Morgan fingerprint density at radius 2 is 1.94 bits per heavy atom. The molecular formula is C14H25NO2. The fourth-order valence-electron chi connectivity index (χ4n) is 2.97. The lowest BCUT2D eigenvalue weighted by Gasteiger charge is -2.39. The Hall–Kier alpha value is -0.860. The van der Waals surface area contributed by atoms with E-state index in [2.05, 4.69) is 19.2 Å². The molecule has 17 heavy (non-hydrogen) atoms. The summed E-state index contributed by atoms with van der Waals surface area (Å²) in [5.74, 6) is -0.166. The van der Waals surface area contributed by atoms with Crippen LogP contribution in [0.25, 0.3) is 0 Å². The van der Waals surface area contributed by atoms with Crippen molar-refractivity contribution in [1.82, 2.24) is 5.32 Å². The van der Waals surface area contributed by atoms with Crippen molar-refractivity contribution in [3.05, 3.63) is 0 Å². The number of unbranched alkanes of at least 4 members (excludes halogenated alkanes) is 3. The van der Waals surface area contributed by atoms with Crippen LogP contribution in [0.3, 0.4) is 0 Å². The second kappa shape index (κ2) is 6.18. The molecule has 1 aliphatic rings. The van der Waals surface area contributed by atoms with Gasteiger partial charge in [0.2, 0.25) is 11.8 Å². The summed E-state index contributed by atoms with van der Waals surface area (Å²) in [5.41, 5.74) is -0.123. The number of imide groups is 1. The summed E-state index contributed by atoms with van der Waals surface area (Å²) in [5, 5.41) is 2.46. The van der Waals surface area contributed by atoms with Crippen molar-refractivity contribution >= 4 is 11.8 Å². The molecule has 0 aromatic rings. The van der Waals surface area contributed by atoms with Crippen molar-refractivity contribution in [2.24, 2.45) is 11.3 Å². The van der Waals surface area contributed by atoms with Crippen LogP contribution in [0.4, 0.5) is 0 Å². The smallest absolute Gasteiger partial charge is 0.230 e. The SMILES string of the molecule is CCCCCCC1(C)CC(=O)NC(=O)C1CC. The van der Waals surface area contributed by atoms with E-state index < -0.39 is 0 Å². The van der Waals surface area contributed by atoms with Crippen molar-refractivity contribution in [2.45, 2.75) is 65.7 Å². The molecule has 2 amide bonds. The van der Waals surface area contributed by atoms with E-state index in [0.717, 1.165) is 19.3 Å². The van der Waals surface area contributed by atoms with E-state index in [1.165, 1.54) is 19.3 Å². The maximum Gasteiger partial charge on any atom is 0.230 e. The number of nitrogens with one attached hydrogen (secondary N) is 1. The predicted molar refractivity (Wildman–Crippen MR) is 68.4 cm³/mol. The molecule has 0 bridgehead atoms. The van der Waals surface area contributed by atoms with Crippen LogP contribution < -0.4 is 5.32 Å². The van der Waals surface area contributed by atoms with Crippen LogP contribution in [0.1, 0.15) is 65.7 Å². The molecule has 2 unspecified atom stereocenters. The highest BCUT2D eigenvalue weighted by Gasteiger charge is 2.43. The van der Waals surface area contributed by atoms with Crippen LogP contribution in [0.5, 0.6) is 0 Å². The third-order valence-corrected chi connectivity index (χ3v) is 3.99. The van der Waals surface area contributed by atoms with Gasteiger partial charge in [0.1, 0.15) is 0 Å². The summed E-state index contributed by atoms with van der Waals surface area (Å²) in [6.45, 7) is 6.32. The third-order valence-electron chi connectivity index (χ3n) is 3.99. The van der Waals surface area contributed by atoms with Gasteiger partial charge in [0, 0.05) is 12.3 Å². The Kier molecular flexibility index (Phi) is 5.16. The van der Waals surface area contributed by atoms with Gasteiger partial charge in [0.05, 0.1) is 0 Å². The molecular weight excluding hydrogens is 214 g/mol. The van der Waals surface area contributed by atoms with E-state index in [9.17, 15) is 9.59 Å². The molecule has 3 nitrogen and oxygen atoms in total. The van der Waals surface area contributed by atoms with Crippen LogP contribution in [0.15, 0.2) is 0 Å². The standard InChI is InChI=1S/C14H25NO2/c1-4-6-7-8-9-14(3)10-12(16)15-13(17)11(14)5-2/h11H,4-10H2,1-3H3,(H,15,16,17). The Bertz CT molecular complexity index is 288. The maximum atomic E-state index is 11.8. The Balaban J connectivity index is 2.61. The van der Waals surface area contributed by atoms with E-state index >= 15 is 0 Å². The summed E-state index contributed by atoms with van der Waals surface area (Å²) >= 11 is 0. The number of carbonyl (C=O) groups is 2. The van der Waals surface area contributed by atoms with Crippen molar-refractivity contribution in [1.29, 1.82) is 0 Å². The topological polar surface area (TPSA) is 46.2 Å². The highest BCUT2D eigenvalue weighted by Crippen LogP contribution is 2.41. The summed E-state index contributed by atoms with van der Waals surface area (Å²) in [7, 11) is 0. The molecule has 2 atom stereocenters. The first-order valence-corrected chi connectivity index (χ1v) is 6.87. The normalized spacial score (nSPS) is 29.2. The van der Waals surface area contributed by atoms with Crippen molar-refractivity contribution in [3.63, 3.8) is 0 Å². The zero-order valence-electron chi connectivity index (χ0n) is 11.3. The van der Waals surface area contributed by atoms with Gasteiger partial charge in [0.15, 0.2) is 0 Å². The van der Waals surface area contributed by atoms with Crippen molar-refractivity contribution in [3.8, 4) is 0 Å². The number of hydrogen-bond donors (Lipinski definition) is 1. The molecule has 1 rings (SSSR count). The molecule has 0 aromatic heterocycles. The van der Waals surface area contributed by atoms with Crippen molar-refractivity contribution in [2.75, 3.05) is 0 Å². The molecule has 1 saturated heterocycles. The van der Waals surface area contributed by atoms with E-state index in [1.807, 2.05) is 6.92 Å². The van der Waals surface area contributed by atoms with Crippen molar-refractivity contribution < 1.29 is 9.59 Å². The van der Waals surface area contributed by atoms with Crippen LogP contribution in [0.2, 0.25) is 0 Å². The quantitative estimate of drug-likeness (QED) is 0.572. The first-order valence-electron chi connectivity index (χ1n) is 6.87. The Morgan fingerprint density at radius 1 is 1.24 bits per heavy atom. The van der Waals surface area contributed by atoms with Gasteiger partial charge in [-0.2, -0.15) is 0 Å². The predicted octanol–water partition coefficient (Wildman–Crippen LogP) is 3.04. The van der Waals surface area contributed by atoms with Gasteiger partial charge in [-0.15, -0.1) is 0 Å². The van der Waals surface area contributed by atoms with Crippen LogP contribution in [-0.2, 0) is 9.59 Å². The molecule has 1 heterocycles. The zero-order chi connectivity index (χ0) is 12.9. The summed E-state index contributed by atoms with van der Waals surface area (Å²) < 4.78 is 0. The van der Waals surface area contributed by atoms with E-state index in [0.29, 0.717) is 6.42 Å². The highest BCUT2D eigenvalue weighted by atomic mass is 16.2. The fourth-order valence-corrected chi connectivity index (χ4v) is 2.97. The second-order valence-electron chi connectivity index (χ2n) is 5.51. The average Bonchev–Trinajstić information content (AvgIpc) is 2.23. The van der Waals surface area contributed by atoms with Gasteiger partial charge in [-0.25, -0.2) is 0 Å². The molecule has 0 radical (unpaired) electrons. The lowest BCUT2D eigenvalue weighted by atomic mass is 9.67. The monoisotopic (exact) mass is 239 g/mol. The number of piperidine rings is 1. The molecule has 98 valence electrons. The molecule has 3 heteroatoms. The molecule has 0 aromatic carbocycles. The summed E-state index contributed by atoms with van der Waals surface area (Å²) in [6, 6.07) is 0. The Labute approximate surface area is 104 Å². The maximum absolute atomic E-state index is 11.8. The van der Waals surface area contributed by atoms with Crippen LogP contribution >= 0.6 is 0 Å². The number of hydrogen-bond acceptors (Lipinski definition) is 2. The minimum absolute atomic E-state index is 0.00169. The molecule has 1 N–H and O–H groups in total. The summed E-state index contributed by atoms with van der Waals surface area (Å²) in [6.07, 6.45) is 7.11. The van der Waals surface area contributed by atoms with Gasteiger partial charge < -0.3 is 0 Å². The largest absolute Gasteiger partial charge is 0.296 e. The first-order chi connectivity index (χ1) is 8.03. The minimum atomic E-state index is -0.123. The lowest BCUT2D eigenvalue weighted by molar-refractivity contribution is -0.143. The number of carbonyl (C=O) groups excluding carboxylic acids is 2. The minimum Gasteiger partial charge on any atom is -0.296 e. The van der Waals surface area contributed by atoms with Gasteiger partial charge in [-0.1, -0.05) is 46.5 Å². The number of rotatable bonds is 6. The third kappa shape index (κ3) is 3.55. The average molecular weight is 239 g/mol. The van der Waals surface area contributed by atoms with Gasteiger partial charge >= 0.3 is 0 Å². The lowest BCUT2D eigenvalue weighted by Crippen LogP contribution is -2.50. The highest BCUT2D eigenvalue weighted by molar-refractivity contribution is 5.99. The van der Waals surface area contributed by atoms with Crippen LogP contribution in [0, 0.1) is 11.3 Å². The van der Waals surface area contributed by atoms with Gasteiger partial charge in [-0.05, 0) is 18.3 Å². The van der Waals surface area contributed by atoms with Gasteiger partial charge in [-0.3, -0.25) is 14.9 Å². The molecule has 1 aliphatic heterocycles. The zero-order valence-corrected chi connectivity index (χ0v) is 11.3. The molecule has 0 saturated carbocycles.